The minimum Gasteiger partial charge on any atom is -0.491 e. The van der Waals surface area contributed by atoms with Crippen molar-refractivity contribution < 1.29 is 4.74 Å². The van der Waals surface area contributed by atoms with Crippen LogP contribution in [0.25, 0.3) is 0 Å². The Morgan fingerprint density at radius 1 is 1.12 bits per heavy atom. The number of hydrogen-bond donors (Lipinski definition) is 0. The van der Waals surface area contributed by atoms with Gasteiger partial charge in [0.25, 0.3) is 0 Å². The second kappa shape index (κ2) is 5.38. The van der Waals surface area contributed by atoms with E-state index in [9.17, 15) is 0 Å². The van der Waals surface area contributed by atoms with Gasteiger partial charge >= 0.3 is 0 Å². The summed E-state index contributed by atoms with van der Waals surface area (Å²) in [4.78, 5) is 0. The average molecular weight is 220 g/mol. The topological polar surface area (TPSA) is 9.23 Å². The van der Waals surface area contributed by atoms with E-state index in [2.05, 4.69) is 53.7 Å². The SMILES string of the molecule is CCc1cc(OC(C)C)c(C(C)C)cc1C. The molecule has 1 heteroatoms. The van der Waals surface area contributed by atoms with Crippen LogP contribution in [-0.4, -0.2) is 6.10 Å². The Hall–Kier alpha value is -0.980. The summed E-state index contributed by atoms with van der Waals surface area (Å²) < 4.78 is 5.90. The van der Waals surface area contributed by atoms with Crippen molar-refractivity contribution in [2.45, 2.75) is 60.0 Å². The van der Waals surface area contributed by atoms with E-state index < -0.39 is 0 Å². The Morgan fingerprint density at radius 3 is 2.19 bits per heavy atom. The third-order valence-corrected chi connectivity index (χ3v) is 2.83. The lowest BCUT2D eigenvalue weighted by Crippen LogP contribution is -2.09. The van der Waals surface area contributed by atoms with Gasteiger partial charge in [0.05, 0.1) is 6.10 Å². The lowest BCUT2D eigenvalue weighted by molar-refractivity contribution is 0.239. The number of rotatable bonds is 4. The largest absolute Gasteiger partial charge is 0.491 e. The van der Waals surface area contributed by atoms with Gasteiger partial charge in [0.1, 0.15) is 5.75 Å². The lowest BCUT2D eigenvalue weighted by atomic mass is 9.95. The van der Waals surface area contributed by atoms with Gasteiger partial charge in [0.2, 0.25) is 0 Å². The minimum absolute atomic E-state index is 0.241. The second-order valence-corrected chi connectivity index (χ2v) is 4.99. The average Bonchev–Trinajstić information content (AvgIpc) is 2.19. The molecule has 1 aromatic rings. The second-order valence-electron chi connectivity index (χ2n) is 4.99. The van der Waals surface area contributed by atoms with E-state index in [1.807, 2.05) is 0 Å². The summed E-state index contributed by atoms with van der Waals surface area (Å²) in [6, 6.07) is 4.49. The van der Waals surface area contributed by atoms with Crippen molar-refractivity contribution >= 4 is 0 Å². The van der Waals surface area contributed by atoms with E-state index in [1.54, 1.807) is 0 Å². The Labute approximate surface area is 99.8 Å². The van der Waals surface area contributed by atoms with Crippen molar-refractivity contribution in [2.24, 2.45) is 0 Å². The molecule has 0 N–H and O–H groups in total. The van der Waals surface area contributed by atoms with Crippen LogP contribution >= 0.6 is 0 Å². The summed E-state index contributed by atoms with van der Waals surface area (Å²) in [5, 5.41) is 0. The van der Waals surface area contributed by atoms with Crippen LogP contribution in [0, 0.1) is 6.92 Å². The maximum atomic E-state index is 5.90. The van der Waals surface area contributed by atoms with E-state index in [0.717, 1.165) is 12.2 Å². The van der Waals surface area contributed by atoms with Gasteiger partial charge in [0, 0.05) is 0 Å². The highest BCUT2D eigenvalue weighted by Crippen LogP contribution is 2.30. The van der Waals surface area contributed by atoms with Gasteiger partial charge in [-0.05, 0) is 55.9 Å². The molecule has 0 unspecified atom stereocenters. The van der Waals surface area contributed by atoms with Crippen LogP contribution in [-0.2, 0) is 6.42 Å². The van der Waals surface area contributed by atoms with Gasteiger partial charge in [-0.3, -0.25) is 0 Å². The molecule has 0 spiro atoms. The Balaban J connectivity index is 3.19. The maximum absolute atomic E-state index is 5.90. The van der Waals surface area contributed by atoms with E-state index in [4.69, 9.17) is 4.74 Å². The highest BCUT2D eigenvalue weighted by molar-refractivity contribution is 5.44. The fraction of sp³-hybridized carbons (Fsp3) is 0.600. The molecule has 0 aromatic heterocycles. The number of ether oxygens (including phenoxy) is 1. The van der Waals surface area contributed by atoms with Gasteiger partial charge in [-0.25, -0.2) is 0 Å². The van der Waals surface area contributed by atoms with Crippen LogP contribution < -0.4 is 4.74 Å². The van der Waals surface area contributed by atoms with E-state index in [-0.39, 0.29) is 6.10 Å². The molecule has 0 heterocycles. The first-order valence-electron chi connectivity index (χ1n) is 6.25. The monoisotopic (exact) mass is 220 g/mol. The van der Waals surface area contributed by atoms with Gasteiger partial charge in [-0.15, -0.1) is 0 Å². The third kappa shape index (κ3) is 3.01. The van der Waals surface area contributed by atoms with Crippen LogP contribution in [0.3, 0.4) is 0 Å². The lowest BCUT2D eigenvalue weighted by Gasteiger charge is -2.19. The summed E-state index contributed by atoms with van der Waals surface area (Å²) in [6.07, 6.45) is 1.31. The van der Waals surface area contributed by atoms with Gasteiger partial charge in [-0.2, -0.15) is 0 Å². The zero-order valence-corrected chi connectivity index (χ0v) is 11.4. The molecule has 0 saturated carbocycles. The molecule has 16 heavy (non-hydrogen) atoms. The van der Waals surface area contributed by atoms with Crippen LogP contribution in [0.2, 0.25) is 0 Å². The normalized spacial score (nSPS) is 11.2. The first-order valence-corrected chi connectivity index (χ1v) is 6.25. The molecular formula is C15H24O. The first kappa shape index (κ1) is 13.1. The molecule has 0 amide bonds. The Morgan fingerprint density at radius 2 is 1.75 bits per heavy atom. The van der Waals surface area contributed by atoms with Gasteiger partial charge in [-0.1, -0.05) is 26.8 Å². The van der Waals surface area contributed by atoms with E-state index in [0.29, 0.717) is 5.92 Å². The minimum atomic E-state index is 0.241. The van der Waals surface area contributed by atoms with Crippen molar-refractivity contribution in [3.8, 4) is 5.75 Å². The van der Waals surface area contributed by atoms with E-state index in [1.165, 1.54) is 16.7 Å². The molecule has 0 bridgehead atoms. The summed E-state index contributed by atoms with van der Waals surface area (Å²) in [5.74, 6) is 1.57. The van der Waals surface area contributed by atoms with Crippen molar-refractivity contribution in [1.29, 1.82) is 0 Å². The van der Waals surface area contributed by atoms with Crippen LogP contribution in [0.15, 0.2) is 12.1 Å². The molecule has 1 rings (SSSR count). The number of benzene rings is 1. The zero-order valence-electron chi connectivity index (χ0n) is 11.4. The molecule has 90 valence electrons. The number of hydrogen-bond acceptors (Lipinski definition) is 1. The molecule has 0 aliphatic rings. The summed E-state index contributed by atoms with van der Waals surface area (Å²) in [6.45, 7) is 13.0. The smallest absolute Gasteiger partial charge is 0.123 e. The zero-order chi connectivity index (χ0) is 12.3. The molecule has 1 aromatic carbocycles. The van der Waals surface area contributed by atoms with E-state index >= 15 is 0 Å². The highest BCUT2D eigenvalue weighted by atomic mass is 16.5. The van der Waals surface area contributed by atoms with Crippen LogP contribution in [0.5, 0.6) is 5.75 Å². The Kier molecular flexibility index (Phi) is 4.40. The number of aryl methyl sites for hydroxylation is 2. The fourth-order valence-corrected chi connectivity index (χ4v) is 1.94. The van der Waals surface area contributed by atoms with Crippen molar-refractivity contribution in [3.63, 3.8) is 0 Å². The molecule has 0 saturated heterocycles. The van der Waals surface area contributed by atoms with Crippen molar-refractivity contribution in [2.75, 3.05) is 0 Å². The predicted molar refractivity (Wildman–Crippen MR) is 70.4 cm³/mol. The van der Waals surface area contributed by atoms with Crippen LogP contribution in [0.4, 0.5) is 0 Å². The molecule has 0 aliphatic carbocycles. The van der Waals surface area contributed by atoms with Crippen molar-refractivity contribution in [3.05, 3.63) is 28.8 Å². The summed E-state index contributed by atoms with van der Waals surface area (Å²) >= 11 is 0. The predicted octanol–water partition coefficient (Wildman–Crippen LogP) is 4.47. The van der Waals surface area contributed by atoms with Crippen molar-refractivity contribution in [1.82, 2.24) is 0 Å². The maximum Gasteiger partial charge on any atom is 0.123 e. The molecule has 0 atom stereocenters. The standard InChI is InChI=1S/C15H24O/c1-7-13-9-15(16-11(4)5)14(10(2)3)8-12(13)6/h8-11H,7H2,1-6H3. The molecule has 0 aliphatic heterocycles. The molecule has 0 radical (unpaired) electrons. The Bertz CT molecular complexity index is 351. The summed E-state index contributed by atoms with van der Waals surface area (Å²) in [5.41, 5.74) is 4.09. The summed E-state index contributed by atoms with van der Waals surface area (Å²) in [7, 11) is 0. The molecule has 0 fully saturated rings. The van der Waals surface area contributed by atoms with Gasteiger partial charge < -0.3 is 4.74 Å². The van der Waals surface area contributed by atoms with Crippen LogP contribution in [0.1, 0.15) is 57.2 Å². The molecule has 1 nitrogen and oxygen atoms in total. The quantitative estimate of drug-likeness (QED) is 0.727. The third-order valence-electron chi connectivity index (χ3n) is 2.83. The van der Waals surface area contributed by atoms with Gasteiger partial charge in [0.15, 0.2) is 0 Å². The molecular weight excluding hydrogens is 196 g/mol. The highest BCUT2D eigenvalue weighted by Gasteiger charge is 2.12. The fourth-order valence-electron chi connectivity index (χ4n) is 1.94. The first-order chi connectivity index (χ1) is 7.45.